The average Bonchev–Trinajstić information content (AvgIpc) is 3.14. The van der Waals surface area contributed by atoms with E-state index in [-0.39, 0.29) is 11.7 Å². The van der Waals surface area contributed by atoms with Crippen molar-refractivity contribution >= 4 is 28.7 Å². The zero-order valence-electron chi connectivity index (χ0n) is 17.1. The molecule has 0 spiro atoms. The molecule has 1 amide bonds. The number of nitrogen functional groups attached to an aromatic ring is 1. The van der Waals surface area contributed by atoms with E-state index in [0.717, 1.165) is 35.5 Å². The van der Waals surface area contributed by atoms with E-state index < -0.39 is 0 Å². The number of para-hydroxylation sites is 1. The van der Waals surface area contributed by atoms with Gasteiger partial charge in [-0.15, -0.1) is 11.3 Å². The molecule has 0 unspecified atom stereocenters. The molecule has 2 heterocycles. The largest absolute Gasteiger partial charge is 0.398 e. The van der Waals surface area contributed by atoms with Gasteiger partial charge in [-0.2, -0.15) is 0 Å². The molecule has 0 atom stereocenters. The molecule has 7 heteroatoms. The monoisotopic (exact) mass is 422 g/mol. The molecule has 0 radical (unpaired) electrons. The molecule has 1 aromatic carbocycles. The van der Waals surface area contributed by atoms with Crippen LogP contribution >= 0.6 is 11.3 Å². The van der Waals surface area contributed by atoms with Crippen molar-refractivity contribution in [1.29, 1.82) is 0 Å². The Morgan fingerprint density at radius 3 is 2.63 bits per heavy atom. The third-order valence-corrected chi connectivity index (χ3v) is 5.93. The molecule has 0 bridgehead atoms. The van der Waals surface area contributed by atoms with E-state index in [4.69, 9.17) is 5.73 Å². The quantitative estimate of drug-likeness (QED) is 0.377. The van der Waals surface area contributed by atoms with Crippen molar-refractivity contribution < 1.29 is 9.59 Å². The number of aryl methyl sites for hydroxylation is 1. The van der Waals surface area contributed by atoms with E-state index in [1.807, 2.05) is 49.4 Å². The normalized spacial score (nSPS) is 10.7. The Morgan fingerprint density at radius 1 is 1.07 bits per heavy atom. The van der Waals surface area contributed by atoms with E-state index >= 15 is 0 Å². The molecular formula is C23H26N4O2S. The number of nitrogens with two attached hydrogens (primary N) is 1. The Hall–Kier alpha value is -3.06. The molecule has 30 heavy (non-hydrogen) atoms. The van der Waals surface area contributed by atoms with Crippen LogP contribution in [0.15, 0.2) is 48.7 Å². The van der Waals surface area contributed by atoms with Gasteiger partial charge in [0.25, 0.3) is 5.91 Å². The van der Waals surface area contributed by atoms with Crippen LogP contribution in [0.25, 0.3) is 10.7 Å². The summed E-state index contributed by atoms with van der Waals surface area (Å²) < 4.78 is 0. The van der Waals surface area contributed by atoms with Crippen LogP contribution in [-0.2, 0) is 11.2 Å². The Bertz CT molecular complexity index is 1000. The zero-order valence-corrected chi connectivity index (χ0v) is 17.9. The number of unbranched alkanes of at least 4 members (excludes halogenated alkanes) is 2. The summed E-state index contributed by atoms with van der Waals surface area (Å²) in [7, 11) is 0. The van der Waals surface area contributed by atoms with Crippen LogP contribution in [0.3, 0.4) is 0 Å². The summed E-state index contributed by atoms with van der Waals surface area (Å²) >= 11 is 1.35. The molecule has 2 aromatic heterocycles. The van der Waals surface area contributed by atoms with Crippen molar-refractivity contribution in [3.63, 3.8) is 0 Å². The molecule has 3 rings (SSSR count). The highest BCUT2D eigenvalue weighted by atomic mass is 32.1. The number of thiazole rings is 1. The maximum Gasteiger partial charge on any atom is 0.263 e. The Balaban J connectivity index is 1.37. The fraction of sp³-hybridized carbons (Fsp3) is 0.304. The number of nitrogens with one attached hydrogen (secondary N) is 1. The zero-order chi connectivity index (χ0) is 21.3. The predicted molar refractivity (Wildman–Crippen MR) is 120 cm³/mol. The van der Waals surface area contributed by atoms with Crippen LogP contribution in [0.2, 0.25) is 0 Å². The van der Waals surface area contributed by atoms with Crippen LogP contribution in [0, 0.1) is 6.92 Å². The Labute approximate surface area is 180 Å². The van der Waals surface area contributed by atoms with E-state index in [0.29, 0.717) is 35.6 Å². The molecule has 6 nitrogen and oxygen atoms in total. The van der Waals surface area contributed by atoms with Crippen LogP contribution in [-0.4, -0.2) is 28.2 Å². The van der Waals surface area contributed by atoms with Crippen LogP contribution in [0.1, 0.15) is 46.6 Å². The van der Waals surface area contributed by atoms with Gasteiger partial charge >= 0.3 is 0 Å². The third-order valence-electron chi connectivity index (χ3n) is 4.75. The highest BCUT2D eigenvalue weighted by Crippen LogP contribution is 2.26. The number of Topliss-reactive ketones (excluding diaryl/α,β-unsaturated/α-hetero) is 1. The number of hydrogen-bond acceptors (Lipinski definition) is 6. The second-order valence-electron chi connectivity index (χ2n) is 7.13. The summed E-state index contributed by atoms with van der Waals surface area (Å²) in [4.78, 5) is 33.9. The summed E-state index contributed by atoms with van der Waals surface area (Å²) in [6.45, 7) is 2.41. The minimum atomic E-state index is -0.109. The van der Waals surface area contributed by atoms with Gasteiger partial charge in [-0.05, 0) is 43.5 Å². The minimum Gasteiger partial charge on any atom is -0.398 e. The molecule has 0 aliphatic carbocycles. The number of ketones is 1. The standard InChI is InChI=1S/C23H26N4O2S/c1-16-21(30-23(27-16)20-12-6-8-13-25-20)22(29)26-14-7-2-3-10-18(28)15-17-9-4-5-11-19(17)24/h4-6,8-9,11-13H,2-3,7,10,14-15,24H2,1H3,(H,26,29). The SMILES string of the molecule is Cc1nc(-c2ccccn2)sc1C(=O)NCCCCCC(=O)Cc1ccccc1N. The van der Waals surface area contributed by atoms with Gasteiger partial charge in [0, 0.05) is 31.3 Å². The van der Waals surface area contributed by atoms with E-state index in [1.54, 1.807) is 6.20 Å². The number of amides is 1. The first kappa shape index (κ1) is 21.6. The highest BCUT2D eigenvalue weighted by molar-refractivity contribution is 7.17. The van der Waals surface area contributed by atoms with Gasteiger partial charge in [-0.25, -0.2) is 4.98 Å². The van der Waals surface area contributed by atoms with Crippen LogP contribution < -0.4 is 11.1 Å². The van der Waals surface area contributed by atoms with Gasteiger partial charge in [0.1, 0.15) is 15.7 Å². The molecule has 0 aliphatic rings. The number of carbonyl (C=O) groups excluding carboxylic acids is 2. The number of aromatic nitrogens is 2. The number of pyridine rings is 1. The maximum absolute atomic E-state index is 12.5. The molecule has 0 saturated carbocycles. The second kappa shape index (κ2) is 10.6. The smallest absolute Gasteiger partial charge is 0.263 e. The number of nitrogens with zero attached hydrogens (tertiary/aromatic N) is 2. The highest BCUT2D eigenvalue weighted by Gasteiger charge is 2.16. The molecule has 3 N–H and O–H groups in total. The molecule has 156 valence electrons. The molecule has 0 saturated heterocycles. The van der Waals surface area contributed by atoms with Gasteiger partial charge in [0.05, 0.1) is 11.4 Å². The lowest BCUT2D eigenvalue weighted by atomic mass is 10.0. The number of anilines is 1. The molecule has 0 fully saturated rings. The second-order valence-corrected chi connectivity index (χ2v) is 8.13. The van der Waals surface area contributed by atoms with Gasteiger partial charge in [0.2, 0.25) is 0 Å². The average molecular weight is 423 g/mol. The van der Waals surface area contributed by atoms with Crippen molar-refractivity contribution in [2.24, 2.45) is 0 Å². The lowest BCUT2D eigenvalue weighted by Crippen LogP contribution is -2.24. The minimum absolute atomic E-state index is 0.109. The fourth-order valence-electron chi connectivity index (χ4n) is 3.11. The summed E-state index contributed by atoms with van der Waals surface area (Å²) in [6, 6.07) is 13.1. The first-order valence-electron chi connectivity index (χ1n) is 10.1. The molecule has 3 aromatic rings. The third kappa shape index (κ3) is 5.97. The summed E-state index contributed by atoms with van der Waals surface area (Å²) in [5, 5.41) is 3.70. The number of rotatable bonds is 10. The lowest BCUT2D eigenvalue weighted by molar-refractivity contribution is -0.118. The lowest BCUT2D eigenvalue weighted by Gasteiger charge is -2.06. The van der Waals surface area contributed by atoms with Crippen molar-refractivity contribution in [2.75, 3.05) is 12.3 Å². The van der Waals surface area contributed by atoms with Crippen LogP contribution in [0.5, 0.6) is 0 Å². The van der Waals surface area contributed by atoms with E-state index in [1.165, 1.54) is 11.3 Å². The van der Waals surface area contributed by atoms with Gasteiger partial charge in [-0.1, -0.05) is 30.7 Å². The Morgan fingerprint density at radius 2 is 1.87 bits per heavy atom. The van der Waals surface area contributed by atoms with Crippen molar-refractivity contribution in [3.05, 3.63) is 64.8 Å². The van der Waals surface area contributed by atoms with E-state index in [2.05, 4.69) is 15.3 Å². The summed E-state index contributed by atoms with van der Waals surface area (Å²) in [5.74, 6) is 0.0853. The Kier molecular flexibility index (Phi) is 7.68. The summed E-state index contributed by atoms with van der Waals surface area (Å²) in [5.41, 5.74) is 8.92. The number of benzene rings is 1. The fourth-order valence-corrected chi connectivity index (χ4v) is 4.07. The molecule has 0 aliphatic heterocycles. The van der Waals surface area contributed by atoms with Gasteiger partial charge in [-0.3, -0.25) is 14.6 Å². The van der Waals surface area contributed by atoms with Crippen molar-refractivity contribution in [1.82, 2.24) is 15.3 Å². The first-order valence-corrected chi connectivity index (χ1v) is 10.9. The first-order chi connectivity index (χ1) is 14.5. The van der Waals surface area contributed by atoms with Crippen LogP contribution in [0.4, 0.5) is 5.69 Å². The van der Waals surface area contributed by atoms with Crippen molar-refractivity contribution in [2.45, 2.75) is 39.0 Å². The topological polar surface area (TPSA) is 98.0 Å². The van der Waals surface area contributed by atoms with Gasteiger partial charge in [0.15, 0.2) is 0 Å². The summed E-state index contributed by atoms with van der Waals surface area (Å²) in [6.07, 6.45) is 5.15. The van der Waals surface area contributed by atoms with E-state index in [9.17, 15) is 9.59 Å². The van der Waals surface area contributed by atoms with Crippen molar-refractivity contribution in [3.8, 4) is 10.7 Å². The van der Waals surface area contributed by atoms with Gasteiger partial charge < -0.3 is 11.1 Å². The predicted octanol–water partition coefficient (Wildman–Crippen LogP) is 4.20. The number of hydrogen-bond donors (Lipinski definition) is 2. The number of carbonyl (C=O) groups is 2. The molecular weight excluding hydrogens is 396 g/mol. The maximum atomic E-state index is 12.5.